The van der Waals surface area contributed by atoms with Crippen molar-refractivity contribution in [2.45, 2.75) is 19.4 Å². The molecular formula is C13H13ClN2O2S2. The fourth-order valence-corrected chi connectivity index (χ4v) is 4.33. The number of hydrogen-bond donors (Lipinski definition) is 1. The first-order valence-corrected chi connectivity index (χ1v) is 8.26. The predicted octanol–water partition coefficient (Wildman–Crippen LogP) is 3.04. The van der Waals surface area contributed by atoms with Crippen molar-refractivity contribution in [1.29, 1.82) is 0 Å². The molecule has 1 atom stereocenters. The number of halogens is 1. The van der Waals surface area contributed by atoms with Gasteiger partial charge in [-0.2, -0.15) is 0 Å². The smallest absolute Gasteiger partial charge is 0.265 e. The number of β-amino-alcohol motifs (C(OH)–C–C–N with tert-alkyl or cyclic N) is 1. The molecule has 1 fully saturated rings. The van der Waals surface area contributed by atoms with Gasteiger partial charge in [-0.15, -0.1) is 22.7 Å². The van der Waals surface area contributed by atoms with E-state index in [0.29, 0.717) is 28.7 Å². The molecule has 0 spiro atoms. The Morgan fingerprint density at radius 3 is 2.90 bits per heavy atom. The summed E-state index contributed by atoms with van der Waals surface area (Å²) in [4.78, 5) is 20.2. The molecule has 1 saturated heterocycles. The molecule has 1 aliphatic rings. The number of thiophene rings is 1. The molecule has 4 nitrogen and oxygen atoms in total. The van der Waals surface area contributed by atoms with E-state index in [4.69, 9.17) is 11.6 Å². The molecule has 7 heteroatoms. The topological polar surface area (TPSA) is 53.4 Å². The molecule has 3 rings (SSSR count). The molecule has 3 heterocycles. The number of likely N-dealkylation sites (tertiary alicyclic amines) is 1. The van der Waals surface area contributed by atoms with E-state index in [0.717, 1.165) is 15.6 Å². The van der Waals surface area contributed by atoms with Crippen LogP contribution in [-0.2, 0) is 0 Å². The second-order valence-corrected chi connectivity index (χ2v) is 7.45. The van der Waals surface area contributed by atoms with Gasteiger partial charge in [-0.1, -0.05) is 11.6 Å². The number of carbonyl (C=O) groups excluding carboxylic acids is 1. The van der Waals surface area contributed by atoms with Gasteiger partial charge < -0.3 is 10.0 Å². The minimum Gasteiger partial charge on any atom is -0.391 e. The first-order chi connectivity index (χ1) is 9.54. The Labute approximate surface area is 129 Å². The molecule has 0 bridgehead atoms. The van der Waals surface area contributed by atoms with E-state index in [-0.39, 0.29) is 5.91 Å². The van der Waals surface area contributed by atoms with Gasteiger partial charge in [-0.25, -0.2) is 4.98 Å². The van der Waals surface area contributed by atoms with Crippen LogP contribution in [0.1, 0.15) is 21.8 Å². The number of aromatic nitrogens is 1. The van der Waals surface area contributed by atoms with Crippen molar-refractivity contribution in [2.75, 3.05) is 13.1 Å². The van der Waals surface area contributed by atoms with Gasteiger partial charge in [-0.05, 0) is 25.5 Å². The van der Waals surface area contributed by atoms with E-state index in [1.807, 2.05) is 19.1 Å². The monoisotopic (exact) mass is 328 g/mol. The highest BCUT2D eigenvalue weighted by molar-refractivity contribution is 7.24. The maximum Gasteiger partial charge on any atom is 0.265 e. The zero-order chi connectivity index (χ0) is 14.3. The lowest BCUT2D eigenvalue weighted by atomic mass is 10.3. The summed E-state index contributed by atoms with van der Waals surface area (Å²) >= 11 is 8.78. The Balaban J connectivity index is 1.87. The fourth-order valence-electron chi connectivity index (χ4n) is 2.20. The second-order valence-electron chi connectivity index (χ2n) is 4.73. The average Bonchev–Trinajstić information content (AvgIpc) is 3.09. The summed E-state index contributed by atoms with van der Waals surface area (Å²) in [5.41, 5.74) is 0.737. The third-order valence-corrected chi connectivity index (χ3v) is 5.77. The number of aliphatic hydroxyl groups is 1. The van der Waals surface area contributed by atoms with Gasteiger partial charge in [0.2, 0.25) is 0 Å². The van der Waals surface area contributed by atoms with Crippen molar-refractivity contribution in [3.8, 4) is 9.88 Å². The molecule has 20 heavy (non-hydrogen) atoms. The highest BCUT2D eigenvalue weighted by atomic mass is 35.5. The number of amides is 1. The first-order valence-electron chi connectivity index (χ1n) is 6.25. The van der Waals surface area contributed by atoms with Crippen molar-refractivity contribution < 1.29 is 9.90 Å². The molecular weight excluding hydrogens is 316 g/mol. The van der Waals surface area contributed by atoms with E-state index in [1.165, 1.54) is 22.7 Å². The zero-order valence-corrected chi connectivity index (χ0v) is 13.2. The van der Waals surface area contributed by atoms with Gasteiger partial charge in [0.15, 0.2) is 0 Å². The van der Waals surface area contributed by atoms with E-state index in [9.17, 15) is 9.90 Å². The predicted molar refractivity (Wildman–Crippen MR) is 81.7 cm³/mol. The summed E-state index contributed by atoms with van der Waals surface area (Å²) in [5, 5.41) is 10.4. The maximum atomic E-state index is 12.4. The summed E-state index contributed by atoms with van der Waals surface area (Å²) in [5.74, 6) is -0.0366. The second kappa shape index (κ2) is 5.44. The number of thiazole rings is 1. The van der Waals surface area contributed by atoms with Gasteiger partial charge in [0.25, 0.3) is 5.91 Å². The van der Waals surface area contributed by atoms with Gasteiger partial charge in [-0.3, -0.25) is 4.79 Å². The zero-order valence-electron chi connectivity index (χ0n) is 10.8. The van der Waals surface area contributed by atoms with E-state index >= 15 is 0 Å². The molecule has 106 valence electrons. The summed E-state index contributed by atoms with van der Waals surface area (Å²) in [6.07, 6.45) is 0.250. The summed E-state index contributed by atoms with van der Waals surface area (Å²) < 4.78 is 0.711. The van der Waals surface area contributed by atoms with Crippen LogP contribution in [0.25, 0.3) is 9.88 Å². The highest BCUT2D eigenvalue weighted by Crippen LogP contribution is 2.35. The maximum absolute atomic E-state index is 12.4. The molecule has 1 N–H and O–H groups in total. The van der Waals surface area contributed by atoms with Crippen molar-refractivity contribution in [2.24, 2.45) is 0 Å². The van der Waals surface area contributed by atoms with E-state index in [2.05, 4.69) is 4.98 Å². The van der Waals surface area contributed by atoms with Crippen molar-refractivity contribution in [1.82, 2.24) is 9.88 Å². The number of carbonyl (C=O) groups is 1. The normalized spacial score (nSPS) is 18.8. The molecule has 2 aromatic heterocycles. The molecule has 0 saturated carbocycles. The van der Waals surface area contributed by atoms with Crippen LogP contribution in [0, 0.1) is 6.92 Å². The largest absolute Gasteiger partial charge is 0.391 e. The number of aryl methyl sites for hydroxylation is 1. The molecule has 1 amide bonds. The van der Waals surface area contributed by atoms with Crippen LogP contribution in [0.5, 0.6) is 0 Å². The Bertz CT molecular complexity index is 653. The van der Waals surface area contributed by atoms with Crippen LogP contribution >= 0.6 is 34.3 Å². The number of rotatable bonds is 2. The standard InChI is InChI=1S/C13H13ClN2O2S2/c1-7-11(13(18)16-5-4-8(17)6-16)20-12(15-7)9-2-3-10(14)19-9/h2-3,8,17H,4-6H2,1H3/t8-/m1/s1. The minimum atomic E-state index is -0.400. The first kappa shape index (κ1) is 14.0. The third kappa shape index (κ3) is 2.61. The third-order valence-electron chi connectivity index (χ3n) is 3.23. The quantitative estimate of drug-likeness (QED) is 0.922. The molecule has 0 radical (unpaired) electrons. The van der Waals surface area contributed by atoms with Crippen molar-refractivity contribution in [3.05, 3.63) is 27.0 Å². The van der Waals surface area contributed by atoms with Crippen LogP contribution in [0.15, 0.2) is 12.1 Å². The lowest BCUT2D eigenvalue weighted by Gasteiger charge is -2.14. The van der Waals surface area contributed by atoms with Gasteiger partial charge in [0.05, 0.1) is 21.0 Å². The minimum absolute atomic E-state index is 0.0366. The molecule has 2 aromatic rings. The van der Waals surface area contributed by atoms with Crippen molar-refractivity contribution in [3.63, 3.8) is 0 Å². The Morgan fingerprint density at radius 1 is 1.50 bits per heavy atom. The Hall–Kier alpha value is -0.950. The molecule has 0 aromatic carbocycles. The van der Waals surface area contributed by atoms with Crippen LogP contribution in [0.2, 0.25) is 4.34 Å². The molecule has 0 aliphatic carbocycles. The van der Waals surface area contributed by atoms with Gasteiger partial charge >= 0.3 is 0 Å². The summed E-state index contributed by atoms with van der Waals surface area (Å²) in [6.45, 7) is 2.86. The lowest BCUT2D eigenvalue weighted by molar-refractivity contribution is 0.0769. The Morgan fingerprint density at radius 2 is 2.30 bits per heavy atom. The fraction of sp³-hybridized carbons (Fsp3) is 0.385. The van der Waals surface area contributed by atoms with Crippen LogP contribution in [-0.4, -0.2) is 40.1 Å². The van der Waals surface area contributed by atoms with Crippen LogP contribution < -0.4 is 0 Å². The van der Waals surface area contributed by atoms with Crippen molar-refractivity contribution >= 4 is 40.2 Å². The molecule has 1 aliphatic heterocycles. The number of aliphatic hydroxyl groups excluding tert-OH is 1. The SMILES string of the molecule is Cc1nc(-c2ccc(Cl)s2)sc1C(=O)N1CC[C@@H](O)C1. The van der Waals surface area contributed by atoms with E-state index < -0.39 is 6.10 Å². The highest BCUT2D eigenvalue weighted by Gasteiger charge is 2.28. The van der Waals surface area contributed by atoms with Gasteiger partial charge in [0, 0.05) is 13.1 Å². The number of nitrogens with zero attached hydrogens (tertiary/aromatic N) is 2. The van der Waals surface area contributed by atoms with Crippen LogP contribution in [0.3, 0.4) is 0 Å². The Kier molecular flexibility index (Phi) is 3.81. The number of hydrogen-bond acceptors (Lipinski definition) is 5. The lowest BCUT2D eigenvalue weighted by Crippen LogP contribution is -2.29. The van der Waals surface area contributed by atoms with E-state index in [1.54, 1.807) is 4.90 Å². The van der Waals surface area contributed by atoms with Gasteiger partial charge in [0.1, 0.15) is 9.88 Å². The summed E-state index contributed by atoms with van der Waals surface area (Å²) in [6, 6.07) is 3.75. The van der Waals surface area contributed by atoms with Crippen LogP contribution in [0.4, 0.5) is 0 Å². The summed E-state index contributed by atoms with van der Waals surface area (Å²) in [7, 11) is 0. The molecule has 0 unspecified atom stereocenters. The average molecular weight is 329 g/mol.